The lowest BCUT2D eigenvalue weighted by molar-refractivity contribution is -0.384. The molecule has 148 valence electrons. The molecule has 1 aromatic heterocycles. The molecule has 0 fully saturated rings. The van der Waals surface area contributed by atoms with Crippen molar-refractivity contribution in [2.24, 2.45) is 4.99 Å². The van der Waals surface area contributed by atoms with Crippen molar-refractivity contribution in [3.8, 4) is 0 Å². The van der Waals surface area contributed by atoms with Crippen molar-refractivity contribution in [3.05, 3.63) is 75.1 Å². The van der Waals surface area contributed by atoms with Crippen LogP contribution in [0.2, 0.25) is 0 Å². The third-order valence-electron chi connectivity index (χ3n) is 3.89. The number of benzene rings is 2. The summed E-state index contributed by atoms with van der Waals surface area (Å²) in [5, 5.41) is 10.8. The number of aromatic nitrogens is 1. The number of hydrogen-bond acceptors (Lipinski definition) is 6. The van der Waals surface area contributed by atoms with E-state index in [0.717, 1.165) is 10.2 Å². The summed E-state index contributed by atoms with van der Waals surface area (Å²) in [7, 11) is 0. The summed E-state index contributed by atoms with van der Waals surface area (Å²) in [5.74, 6) is -0.960. The van der Waals surface area contributed by atoms with Crippen molar-refractivity contribution in [1.29, 1.82) is 0 Å². The number of carbonyl (C=O) groups excluding carboxylic acids is 2. The molecule has 0 unspecified atom stereocenters. The molecular formula is C20H17N3O5S. The van der Waals surface area contributed by atoms with Gasteiger partial charge in [0.15, 0.2) is 4.80 Å². The number of nitro groups is 1. The zero-order valence-corrected chi connectivity index (χ0v) is 16.3. The lowest BCUT2D eigenvalue weighted by atomic mass is 10.2. The number of rotatable bonds is 6. The van der Waals surface area contributed by atoms with Crippen molar-refractivity contribution in [2.45, 2.75) is 13.5 Å². The molecule has 9 heteroatoms. The fraction of sp³-hybridized carbons (Fsp3) is 0.150. The summed E-state index contributed by atoms with van der Waals surface area (Å²) < 4.78 is 7.53. The molecule has 8 nitrogen and oxygen atoms in total. The van der Waals surface area contributed by atoms with Gasteiger partial charge in [0.05, 0.1) is 21.7 Å². The van der Waals surface area contributed by atoms with E-state index >= 15 is 0 Å². The van der Waals surface area contributed by atoms with Crippen LogP contribution in [0, 0.1) is 10.1 Å². The topological polar surface area (TPSA) is 104 Å². The van der Waals surface area contributed by atoms with Crippen molar-refractivity contribution in [1.82, 2.24) is 4.57 Å². The predicted octanol–water partition coefficient (Wildman–Crippen LogP) is 3.31. The van der Waals surface area contributed by atoms with Gasteiger partial charge >= 0.3 is 5.97 Å². The first-order valence-corrected chi connectivity index (χ1v) is 9.55. The summed E-state index contributed by atoms with van der Waals surface area (Å²) in [4.78, 5) is 39.1. The maximum absolute atomic E-state index is 12.3. The summed E-state index contributed by atoms with van der Waals surface area (Å²) in [6.45, 7) is 1.93. The zero-order valence-electron chi connectivity index (χ0n) is 15.5. The number of thiazole rings is 1. The van der Waals surface area contributed by atoms with E-state index in [4.69, 9.17) is 4.74 Å². The Kier molecular flexibility index (Phi) is 6.30. The van der Waals surface area contributed by atoms with E-state index in [2.05, 4.69) is 4.99 Å². The molecule has 0 bridgehead atoms. The Hall–Kier alpha value is -3.59. The molecule has 0 spiro atoms. The molecule has 29 heavy (non-hydrogen) atoms. The Morgan fingerprint density at radius 1 is 1.24 bits per heavy atom. The summed E-state index contributed by atoms with van der Waals surface area (Å²) >= 11 is 1.28. The number of para-hydroxylation sites is 1. The molecule has 0 aliphatic rings. The normalized spacial score (nSPS) is 11.8. The smallest absolute Gasteiger partial charge is 0.326 e. The van der Waals surface area contributed by atoms with Crippen LogP contribution >= 0.6 is 11.3 Å². The number of carbonyl (C=O) groups is 2. The summed E-state index contributed by atoms with van der Waals surface area (Å²) in [6, 6.07) is 13.3. The molecule has 0 saturated heterocycles. The molecule has 0 atom stereocenters. The second-order valence-corrected chi connectivity index (χ2v) is 6.89. The van der Waals surface area contributed by atoms with E-state index in [1.165, 1.54) is 35.6 Å². The zero-order chi connectivity index (χ0) is 20.8. The van der Waals surface area contributed by atoms with Gasteiger partial charge in [0.2, 0.25) is 0 Å². The molecular weight excluding hydrogens is 394 g/mol. The third-order valence-corrected chi connectivity index (χ3v) is 4.95. The van der Waals surface area contributed by atoms with Crippen LogP contribution in [0.4, 0.5) is 5.69 Å². The number of amides is 1. The highest BCUT2D eigenvalue weighted by Crippen LogP contribution is 2.17. The fourth-order valence-corrected chi connectivity index (χ4v) is 3.67. The van der Waals surface area contributed by atoms with Gasteiger partial charge in [-0.3, -0.25) is 19.7 Å². The molecule has 3 aromatic rings. The van der Waals surface area contributed by atoms with Crippen molar-refractivity contribution < 1.29 is 19.2 Å². The molecule has 2 aromatic carbocycles. The van der Waals surface area contributed by atoms with Crippen LogP contribution in [-0.4, -0.2) is 28.0 Å². The van der Waals surface area contributed by atoms with Gasteiger partial charge in [-0.15, -0.1) is 0 Å². The molecule has 0 radical (unpaired) electrons. The standard InChI is InChI=1S/C20H17N3O5S/c1-2-28-19(25)13-22-16-8-3-4-9-17(16)29-20(22)21-18(24)11-10-14-6-5-7-15(12-14)23(26)27/h3-12H,2,13H2,1H3/b11-10+,21-20?. The Labute approximate surface area is 169 Å². The number of nitrogens with zero attached hydrogens (tertiary/aromatic N) is 3. The monoisotopic (exact) mass is 411 g/mol. The van der Waals surface area contributed by atoms with Gasteiger partial charge in [-0.1, -0.05) is 35.6 Å². The van der Waals surface area contributed by atoms with Gasteiger partial charge in [0.1, 0.15) is 6.54 Å². The van der Waals surface area contributed by atoms with Crippen LogP contribution < -0.4 is 4.80 Å². The molecule has 0 aliphatic heterocycles. The summed E-state index contributed by atoms with van der Waals surface area (Å²) in [6.07, 6.45) is 2.69. The van der Waals surface area contributed by atoms with Gasteiger partial charge in [-0.2, -0.15) is 4.99 Å². The van der Waals surface area contributed by atoms with Crippen LogP contribution in [0.5, 0.6) is 0 Å². The minimum atomic E-state index is -0.541. The Morgan fingerprint density at radius 3 is 2.79 bits per heavy atom. The van der Waals surface area contributed by atoms with E-state index in [9.17, 15) is 19.7 Å². The van der Waals surface area contributed by atoms with Crippen LogP contribution in [-0.2, 0) is 20.9 Å². The average Bonchev–Trinajstić information content (AvgIpc) is 3.04. The third kappa shape index (κ3) is 5.02. The minimum absolute atomic E-state index is 0.0570. The van der Waals surface area contributed by atoms with Crippen LogP contribution in [0.15, 0.2) is 59.6 Å². The first kappa shape index (κ1) is 20.2. The quantitative estimate of drug-likeness (QED) is 0.268. The fourth-order valence-electron chi connectivity index (χ4n) is 2.64. The predicted molar refractivity (Wildman–Crippen MR) is 109 cm³/mol. The van der Waals surface area contributed by atoms with E-state index in [1.807, 2.05) is 24.3 Å². The van der Waals surface area contributed by atoms with Crippen molar-refractivity contribution >= 4 is 45.2 Å². The first-order chi connectivity index (χ1) is 14.0. The van der Waals surface area contributed by atoms with Crippen LogP contribution in [0.1, 0.15) is 12.5 Å². The lowest BCUT2D eigenvalue weighted by Gasteiger charge is -2.04. The van der Waals surface area contributed by atoms with Crippen molar-refractivity contribution in [3.63, 3.8) is 0 Å². The van der Waals surface area contributed by atoms with Crippen molar-refractivity contribution in [2.75, 3.05) is 6.61 Å². The number of nitro benzene ring substituents is 1. The second-order valence-electron chi connectivity index (χ2n) is 5.88. The van der Waals surface area contributed by atoms with Gasteiger partial charge in [-0.25, -0.2) is 0 Å². The Balaban J connectivity index is 1.92. The van der Waals surface area contributed by atoms with Crippen LogP contribution in [0.3, 0.4) is 0 Å². The maximum Gasteiger partial charge on any atom is 0.326 e. The number of esters is 1. The van der Waals surface area contributed by atoms with Gasteiger partial charge < -0.3 is 9.30 Å². The number of fused-ring (bicyclic) bond motifs is 1. The Bertz CT molecular complexity index is 1180. The molecule has 0 N–H and O–H groups in total. The van der Waals surface area contributed by atoms with Gasteiger partial charge in [0, 0.05) is 18.2 Å². The largest absolute Gasteiger partial charge is 0.465 e. The molecule has 0 saturated carbocycles. The van der Waals surface area contributed by atoms with E-state index in [0.29, 0.717) is 10.4 Å². The highest BCUT2D eigenvalue weighted by Gasteiger charge is 2.11. The van der Waals surface area contributed by atoms with E-state index in [-0.39, 0.29) is 18.8 Å². The van der Waals surface area contributed by atoms with Gasteiger partial charge in [-0.05, 0) is 30.7 Å². The molecule has 0 aliphatic carbocycles. The average molecular weight is 411 g/mol. The van der Waals surface area contributed by atoms with E-state index in [1.54, 1.807) is 23.6 Å². The summed E-state index contributed by atoms with van der Waals surface area (Å²) in [5.41, 5.74) is 1.23. The van der Waals surface area contributed by atoms with Gasteiger partial charge in [0.25, 0.3) is 11.6 Å². The maximum atomic E-state index is 12.3. The van der Waals surface area contributed by atoms with Crippen LogP contribution in [0.25, 0.3) is 16.3 Å². The molecule has 1 amide bonds. The van der Waals surface area contributed by atoms with E-state index < -0.39 is 16.8 Å². The number of non-ortho nitro benzene ring substituents is 1. The Morgan fingerprint density at radius 2 is 2.03 bits per heavy atom. The SMILES string of the molecule is CCOC(=O)Cn1c(=NC(=O)/C=C/c2cccc([N+](=O)[O-])c2)sc2ccccc21. The highest BCUT2D eigenvalue weighted by molar-refractivity contribution is 7.16. The second kappa shape index (κ2) is 9.07. The molecule has 3 rings (SSSR count). The highest BCUT2D eigenvalue weighted by atomic mass is 32.1. The minimum Gasteiger partial charge on any atom is -0.465 e. The lowest BCUT2D eigenvalue weighted by Crippen LogP contribution is -2.22. The number of ether oxygens (including phenoxy) is 1. The first-order valence-electron chi connectivity index (χ1n) is 8.73. The molecule has 1 heterocycles. The number of hydrogen-bond donors (Lipinski definition) is 0.